The third kappa shape index (κ3) is 3.61. The minimum atomic E-state index is -0.853. The van der Waals surface area contributed by atoms with Gasteiger partial charge in [-0.25, -0.2) is 4.79 Å². The normalized spacial score (nSPS) is 15.5. The summed E-state index contributed by atoms with van der Waals surface area (Å²) in [6.45, 7) is -0.140. The number of carbonyl (C=O) groups is 3. The zero-order chi connectivity index (χ0) is 21.3. The van der Waals surface area contributed by atoms with Crippen molar-refractivity contribution >= 4 is 29.6 Å². The third-order valence-corrected chi connectivity index (χ3v) is 4.33. The molecule has 4 rings (SSSR count). The van der Waals surface area contributed by atoms with Crippen LogP contribution >= 0.6 is 0 Å². The topological polar surface area (TPSA) is 136 Å². The van der Waals surface area contributed by atoms with Crippen LogP contribution in [0.2, 0.25) is 0 Å². The maximum atomic E-state index is 12.7. The number of hydrogen-bond donors (Lipinski definition) is 1. The molecule has 2 aromatic heterocycles. The smallest absolute Gasteiger partial charge is 0.331 e. The zero-order valence-electron chi connectivity index (χ0n) is 15.2. The summed E-state index contributed by atoms with van der Waals surface area (Å²) >= 11 is 0. The standard InChI is InChI=1S/C20H13N3O7/c24-18-16(19(25)22(20(26)21-18)11-15-5-2-8-29-15)10-14-6-7-17(30-14)12-3-1-4-13(9-12)23(27)28/h1-10H,11H2,(H,21,24,26)/b16-10+. The molecular formula is C20H13N3O7. The lowest BCUT2D eigenvalue weighted by Gasteiger charge is -2.25. The molecule has 0 aliphatic carbocycles. The van der Waals surface area contributed by atoms with Crippen molar-refractivity contribution in [1.82, 2.24) is 10.2 Å². The van der Waals surface area contributed by atoms with Gasteiger partial charge in [-0.2, -0.15) is 0 Å². The second-order valence-electron chi connectivity index (χ2n) is 6.30. The quantitative estimate of drug-likeness (QED) is 0.297. The van der Waals surface area contributed by atoms with Crippen LogP contribution in [0.1, 0.15) is 11.5 Å². The lowest BCUT2D eigenvalue weighted by atomic mass is 10.1. The Morgan fingerprint density at radius 2 is 1.93 bits per heavy atom. The largest absolute Gasteiger partial charge is 0.467 e. The summed E-state index contributed by atoms with van der Waals surface area (Å²) in [6, 6.07) is 11.3. The molecule has 1 aliphatic heterocycles. The van der Waals surface area contributed by atoms with Crippen LogP contribution in [0.5, 0.6) is 0 Å². The average molecular weight is 407 g/mol. The Labute approximate surface area is 168 Å². The number of furan rings is 2. The fourth-order valence-corrected chi connectivity index (χ4v) is 2.90. The van der Waals surface area contributed by atoms with Crippen molar-refractivity contribution in [1.29, 1.82) is 0 Å². The van der Waals surface area contributed by atoms with Crippen molar-refractivity contribution in [3.8, 4) is 11.3 Å². The summed E-state index contributed by atoms with van der Waals surface area (Å²) in [5, 5.41) is 13.0. The molecule has 0 bridgehead atoms. The Bertz CT molecular complexity index is 1190. The average Bonchev–Trinajstić information content (AvgIpc) is 3.40. The molecule has 1 aliphatic rings. The molecule has 0 atom stereocenters. The Morgan fingerprint density at radius 3 is 2.67 bits per heavy atom. The van der Waals surface area contributed by atoms with Gasteiger partial charge in [0.15, 0.2) is 0 Å². The van der Waals surface area contributed by atoms with E-state index in [-0.39, 0.29) is 23.6 Å². The zero-order valence-corrected chi connectivity index (χ0v) is 15.2. The molecule has 1 N–H and O–H groups in total. The molecule has 150 valence electrons. The number of urea groups is 1. The molecule has 10 heteroatoms. The van der Waals surface area contributed by atoms with Crippen molar-refractivity contribution in [2.75, 3.05) is 0 Å². The maximum absolute atomic E-state index is 12.7. The van der Waals surface area contributed by atoms with Gasteiger partial charge >= 0.3 is 6.03 Å². The van der Waals surface area contributed by atoms with Gasteiger partial charge in [0.2, 0.25) is 0 Å². The number of nitrogens with zero attached hydrogens (tertiary/aromatic N) is 2. The number of benzene rings is 1. The molecule has 0 unspecified atom stereocenters. The number of nitro benzene ring substituents is 1. The predicted octanol–water partition coefficient (Wildman–Crippen LogP) is 3.11. The number of non-ortho nitro benzene ring substituents is 1. The molecule has 3 heterocycles. The van der Waals surface area contributed by atoms with Gasteiger partial charge in [0.05, 0.1) is 17.7 Å². The van der Waals surface area contributed by atoms with Gasteiger partial charge in [-0.15, -0.1) is 0 Å². The van der Waals surface area contributed by atoms with Crippen LogP contribution in [0.3, 0.4) is 0 Å². The molecule has 3 aromatic rings. The van der Waals surface area contributed by atoms with Crippen LogP contribution in [0.15, 0.2) is 69.2 Å². The van der Waals surface area contributed by atoms with Gasteiger partial charge in [-0.3, -0.25) is 29.9 Å². The molecule has 0 saturated carbocycles. The number of imide groups is 2. The molecule has 1 fully saturated rings. The number of nitro groups is 1. The number of hydrogen-bond acceptors (Lipinski definition) is 7. The summed E-state index contributed by atoms with van der Waals surface area (Å²) in [7, 11) is 0. The molecule has 1 aromatic carbocycles. The lowest BCUT2D eigenvalue weighted by molar-refractivity contribution is -0.384. The Balaban J connectivity index is 1.61. The summed E-state index contributed by atoms with van der Waals surface area (Å²) in [4.78, 5) is 48.2. The first-order chi connectivity index (χ1) is 14.4. The minimum absolute atomic E-state index is 0.0993. The number of amides is 4. The van der Waals surface area contributed by atoms with Gasteiger partial charge in [0.1, 0.15) is 22.9 Å². The van der Waals surface area contributed by atoms with E-state index in [1.165, 1.54) is 36.6 Å². The number of nitrogens with one attached hydrogen (secondary N) is 1. The molecule has 4 amide bonds. The van der Waals surface area contributed by atoms with Crippen LogP contribution in [-0.4, -0.2) is 27.7 Å². The van der Waals surface area contributed by atoms with Gasteiger partial charge in [-0.1, -0.05) is 12.1 Å². The van der Waals surface area contributed by atoms with Crippen molar-refractivity contribution < 1.29 is 28.1 Å². The highest BCUT2D eigenvalue weighted by Crippen LogP contribution is 2.27. The second kappa shape index (κ2) is 7.51. The van der Waals surface area contributed by atoms with Crippen molar-refractivity contribution in [2.45, 2.75) is 6.54 Å². The summed E-state index contributed by atoms with van der Waals surface area (Å²) in [6.07, 6.45) is 2.61. The number of barbiturate groups is 1. The van der Waals surface area contributed by atoms with Gasteiger partial charge in [0, 0.05) is 17.7 Å². The van der Waals surface area contributed by atoms with E-state index in [0.717, 1.165) is 4.90 Å². The van der Waals surface area contributed by atoms with Crippen molar-refractivity contribution in [3.63, 3.8) is 0 Å². The molecule has 10 nitrogen and oxygen atoms in total. The number of rotatable bonds is 5. The summed E-state index contributed by atoms with van der Waals surface area (Å²) in [5.41, 5.74) is 0.0710. The SMILES string of the molecule is O=C1NC(=O)N(Cc2ccco2)C(=O)/C1=C/c1ccc(-c2cccc([N+](=O)[O-])c2)o1. The highest BCUT2D eigenvalue weighted by Gasteiger charge is 2.36. The van der Waals surface area contributed by atoms with E-state index in [1.54, 1.807) is 24.3 Å². The van der Waals surface area contributed by atoms with E-state index in [2.05, 4.69) is 5.32 Å². The van der Waals surface area contributed by atoms with Crippen LogP contribution in [0.25, 0.3) is 17.4 Å². The van der Waals surface area contributed by atoms with E-state index < -0.39 is 22.8 Å². The second-order valence-corrected chi connectivity index (χ2v) is 6.30. The predicted molar refractivity (Wildman–Crippen MR) is 102 cm³/mol. The highest BCUT2D eigenvalue weighted by molar-refractivity contribution is 6.30. The molecule has 1 saturated heterocycles. The maximum Gasteiger partial charge on any atom is 0.331 e. The van der Waals surface area contributed by atoms with Gasteiger partial charge < -0.3 is 8.83 Å². The third-order valence-electron chi connectivity index (χ3n) is 4.33. The van der Waals surface area contributed by atoms with Gasteiger partial charge in [-0.05, 0) is 30.3 Å². The van der Waals surface area contributed by atoms with Crippen LogP contribution in [0.4, 0.5) is 10.5 Å². The highest BCUT2D eigenvalue weighted by atomic mass is 16.6. The van der Waals surface area contributed by atoms with E-state index >= 15 is 0 Å². The van der Waals surface area contributed by atoms with E-state index in [4.69, 9.17) is 8.83 Å². The Morgan fingerprint density at radius 1 is 1.10 bits per heavy atom. The monoisotopic (exact) mass is 407 g/mol. The first-order valence-electron chi connectivity index (χ1n) is 8.68. The van der Waals surface area contributed by atoms with Crippen LogP contribution < -0.4 is 5.32 Å². The first kappa shape index (κ1) is 18.9. The molecule has 0 spiro atoms. The minimum Gasteiger partial charge on any atom is -0.467 e. The Kier molecular flexibility index (Phi) is 4.72. The first-order valence-corrected chi connectivity index (χ1v) is 8.68. The van der Waals surface area contributed by atoms with E-state index in [0.29, 0.717) is 17.1 Å². The van der Waals surface area contributed by atoms with Crippen LogP contribution in [0, 0.1) is 10.1 Å². The van der Waals surface area contributed by atoms with Gasteiger partial charge in [0.25, 0.3) is 17.5 Å². The summed E-state index contributed by atoms with van der Waals surface area (Å²) < 4.78 is 10.8. The fraction of sp³-hybridized carbons (Fsp3) is 0.0500. The Hall–Kier alpha value is -4.47. The van der Waals surface area contributed by atoms with E-state index in [1.807, 2.05) is 0 Å². The molecule has 30 heavy (non-hydrogen) atoms. The fourth-order valence-electron chi connectivity index (χ4n) is 2.90. The summed E-state index contributed by atoms with van der Waals surface area (Å²) in [5.74, 6) is -0.791. The lowest BCUT2D eigenvalue weighted by Crippen LogP contribution is -2.53. The number of carbonyl (C=O) groups excluding carboxylic acids is 3. The molecule has 0 radical (unpaired) electrons. The molecular weight excluding hydrogens is 394 g/mol. The van der Waals surface area contributed by atoms with E-state index in [9.17, 15) is 24.5 Å². The van der Waals surface area contributed by atoms with Crippen LogP contribution in [-0.2, 0) is 16.1 Å². The van der Waals surface area contributed by atoms with Crippen molar-refractivity contribution in [2.24, 2.45) is 0 Å². The van der Waals surface area contributed by atoms with Crippen molar-refractivity contribution in [3.05, 3.63) is 82.0 Å².